The van der Waals surface area contributed by atoms with Crippen LogP contribution in [0.4, 0.5) is 5.82 Å². The van der Waals surface area contributed by atoms with Crippen molar-refractivity contribution >= 4 is 27.7 Å². The molecule has 0 aliphatic carbocycles. The van der Waals surface area contributed by atoms with Crippen LogP contribution in [0.2, 0.25) is 0 Å². The molecule has 0 radical (unpaired) electrons. The topological polar surface area (TPSA) is 77.4 Å². The van der Waals surface area contributed by atoms with E-state index in [-0.39, 0.29) is 5.91 Å². The molecule has 7 nitrogen and oxygen atoms in total. The summed E-state index contributed by atoms with van der Waals surface area (Å²) in [6, 6.07) is 15.9. The van der Waals surface area contributed by atoms with E-state index in [1.165, 1.54) is 0 Å². The number of carbonyl (C=O) groups is 1. The number of ether oxygens (including phenoxy) is 2. The van der Waals surface area contributed by atoms with Crippen LogP contribution in [0, 0.1) is 0 Å². The van der Waals surface area contributed by atoms with Crippen LogP contribution in [-0.4, -0.2) is 36.2 Å². The Hall–Kier alpha value is -2.84. The van der Waals surface area contributed by atoms with E-state index < -0.39 is 0 Å². The zero-order valence-electron chi connectivity index (χ0n) is 17.2. The number of imidazole rings is 1. The maximum atomic E-state index is 12.6. The number of aromatic nitrogens is 2. The summed E-state index contributed by atoms with van der Waals surface area (Å²) in [6.07, 6.45) is 0. The molecule has 8 heteroatoms. The fourth-order valence-corrected chi connectivity index (χ4v) is 3.47. The summed E-state index contributed by atoms with van der Waals surface area (Å²) < 4.78 is 14.3. The minimum absolute atomic E-state index is 0.248. The monoisotopic (exact) mass is 472 g/mol. The number of hydrogen-bond donors (Lipinski definition) is 2. The number of anilines is 1. The van der Waals surface area contributed by atoms with Gasteiger partial charge < -0.3 is 20.1 Å². The van der Waals surface area contributed by atoms with Crippen LogP contribution < -0.4 is 15.4 Å². The van der Waals surface area contributed by atoms with E-state index in [0.29, 0.717) is 43.0 Å². The molecule has 0 unspecified atom stereocenters. The van der Waals surface area contributed by atoms with Crippen LogP contribution in [-0.2, 0) is 17.9 Å². The number of rotatable bonds is 9. The van der Waals surface area contributed by atoms with E-state index in [1.54, 1.807) is 18.7 Å². The second kappa shape index (κ2) is 10.3. The predicted molar refractivity (Wildman–Crippen MR) is 120 cm³/mol. The Bertz CT molecular complexity index is 1020. The smallest absolute Gasteiger partial charge is 0.304 e. The van der Waals surface area contributed by atoms with Gasteiger partial charge in [0.25, 0.3) is 5.91 Å². The number of halogens is 1. The van der Waals surface area contributed by atoms with Crippen molar-refractivity contribution in [2.45, 2.75) is 20.1 Å². The van der Waals surface area contributed by atoms with Gasteiger partial charge in [-0.25, -0.2) is 0 Å². The summed E-state index contributed by atoms with van der Waals surface area (Å²) >= 11 is 3.50. The highest BCUT2D eigenvalue weighted by atomic mass is 79.9. The van der Waals surface area contributed by atoms with Gasteiger partial charge in [-0.1, -0.05) is 40.2 Å². The first-order valence-corrected chi connectivity index (χ1v) is 10.4. The highest BCUT2D eigenvalue weighted by Crippen LogP contribution is 2.29. The maximum Gasteiger partial charge on any atom is 0.304 e. The Kier molecular flexibility index (Phi) is 7.48. The van der Waals surface area contributed by atoms with Crippen LogP contribution >= 0.6 is 15.9 Å². The van der Waals surface area contributed by atoms with E-state index in [0.717, 1.165) is 15.6 Å². The van der Waals surface area contributed by atoms with Crippen LogP contribution in [0.15, 0.2) is 53.0 Å². The normalized spacial score (nSPS) is 10.7. The molecule has 1 amide bonds. The average molecular weight is 473 g/mol. The first-order valence-electron chi connectivity index (χ1n) is 9.65. The molecule has 0 aliphatic heterocycles. The number of hydrogen-bond acceptors (Lipinski definition) is 5. The van der Waals surface area contributed by atoms with Crippen molar-refractivity contribution in [2.75, 3.05) is 26.0 Å². The van der Waals surface area contributed by atoms with E-state index in [9.17, 15) is 4.79 Å². The van der Waals surface area contributed by atoms with Gasteiger partial charge >= 0.3 is 6.01 Å². The van der Waals surface area contributed by atoms with Gasteiger partial charge in [-0.15, -0.1) is 0 Å². The van der Waals surface area contributed by atoms with E-state index >= 15 is 0 Å². The van der Waals surface area contributed by atoms with Gasteiger partial charge in [-0.05, 0) is 42.3 Å². The zero-order valence-corrected chi connectivity index (χ0v) is 18.8. The molecule has 1 aromatic heterocycles. The lowest BCUT2D eigenvalue weighted by atomic mass is 10.2. The summed E-state index contributed by atoms with van der Waals surface area (Å²) in [5.74, 6) is 0.824. The molecule has 0 spiro atoms. The van der Waals surface area contributed by atoms with Crippen LogP contribution in [0.3, 0.4) is 0 Å². The molecular weight excluding hydrogens is 448 g/mol. The van der Waals surface area contributed by atoms with Gasteiger partial charge in [0, 0.05) is 25.2 Å². The first kappa shape index (κ1) is 21.9. The number of amides is 1. The molecule has 0 bridgehead atoms. The Balaban J connectivity index is 2.00. The molecule has 30 heavy (non-hydrogen) atoms. The summed E-state index contributed by atoms with van der Waals surface area (Å²) in [5, 5.41) is 5.67. The highest BCUT2D eigenvalue weighted by molar-refractivity contribution is 9.10. The minimum atomic E-state index is -0.248. The standard InChI is InChI=1S/C22H25BrN4O3/c1-4-29-14-16-8-6-10-18(12-16)30-22-26-20(24-2)19(21(28)25-3)27(22)13-15-7-5-9-17(23)11-15/h5-12,24H,4,13-14H2,1-3H3,(H,25,28). The van der Waals surface area contributed by atoms with E-state index in [2.05, 4.69) is 31.5 Å². The molecule has 0 fully saturated rings. The molecule has 158 valence electrons. The Morgan fingerprint density at radius 1 is 1.13 bits per heavy atom. The van der Waals surface area contributed by atoms with Gasteiger partial charge in [0.15, 0.2) is 11.5 Å². The third kappa shape index (κ3) is 5.20. The van der Waals surface area contributed by atoms with Gasteiger partial charge in [-0.2, -0.15) is 4.98 Å². The van der Waals surface area contributed by atoms with Gasteiger partial charge in [-0.3, -0.25) is 9.36 Å². The van der Waals surface area contributed by atoms with Crippen molar-refractivity contribution in [3.63, 3.8) is 0 Å². The van der Waals surface area contributed by atoms with Crippen LogP contribution in [0.5, 0.6) is 11.8 Å². The van der Waals surface area contributed by atoms with Crippen molar-refractivity contribution < 1.29 is 14.3 Å². The molecule has 0 aliphatic rings. The number of nitrogens with one attached hydrogen (secondary N) is 2. The number of nitrogens with zero attached hydrogens (tertiary/aromatic N) is 2. The average Bonchev–Trinajstić information content (AvgIpc) is 3.09. The lowest BCUT2D eigenvalue weighted by molar-refractivity contribution is 0.0954. The predicted octanol–water partition coefficient (Wildman–Crippen LogP) is 4.42. The second-order valence-electron chi connectivity index (χ2n) is 6.52. The van der Waals surface area contributed by atoms with E-state index in [4.69, 9.17) is 9.47 Å². The summed E-state index contributed by atoms with van der Waals surface area (Å²) in [4.78, 5) is 17.1. The van der Waals surface area contributed by atoms with Crippen LogP contribution in [0.1, 0.15) is 28.5 Å². The SMILES string of the molecule is CCOCc1cccc(Oc2nc(NC)c(C(=O)NC)n2Cc2cccc(Br)c2)c1. The van der Waals surface area contributed by atoms with Crippen LogP contribution in [0.25, 0.3) is 0 Å². The van der Waals surface area contributed by atoms with Gasteiger partial charge in [0.2, 0.25) is 0 Å². The summed E-state index contributed by atoms with van der Waals surface area (Å²) in [6.45, 7) is 3.53. The van der Waals surface area contributed by atoms with E-state index in [1.807, 2.05) is 55.5 Å². The van der Waals surface area contributed by atoms with Crippen molar-refractivity contribution in [2.24, 2.45) is 0 Å². The van der Waals surface area contributed by atoms with Crippen molar-refractivity contribution in [3.05, 3.63) is 69.8 Å². The molecule has 0 saturated carbocycles. The highest BCUT2D eigenvalue weighted by Gasteiger charge is 2.23. The Morgan fingerprint density at radius 3 is 2.60 bits per heavy atom. The van der Waals surface area contributed by atoms with Gasteiger partial charge in [0.1, 0.15) is 5.75 Å². The lowest BCUT2D eigenvalue weighted by Gasteiger charge is -2.13. The van der Waals surface area contributed by atoms with Crippen molar-refractivity contribution in [3.8, 4) is 11.8 Å². The largest absolute Gasteiger partial charge is 0.425 e. The molecule has 0 atom stereocenters. The molecule has 2 N–H and O–H groups in total. The number of benzene rings is 2. The van der Waals surface area contributed by atoms with Crippen molar-refractivity contribution in [1.29, 1.82) is 0 Å². The maximum absolute atomic E-state index is 12.6. The molecule has 3 rings (SSSR count). The summed E-state index contributed by atoms with van der Waals surface area (Å²) in [5.41, 5.74) is 2.41. The Labute approximate surface area is 184 Å². The quantitative estimate of drug-likeness (QED) is 0.481. The van der Waals surface area contributed by atoms with Crippen molar-refractivity contribution in [1.82, 2.24) is 14.9 Å². The molecular formula is C22H25BrN4O3. The third-order valence-electron chi connectivity index (χ3n) is 4.42. The fraction of sp³-hybridized carbons (Fsp3) is 0.273. The lowest BCUT2D eigenvalue weighted by Crippen LogP contribution is -2.23. The molecule has 0 saturated heterocycles. The third-order valence-corrected chi connectivity index (χ3v) is 4.91. The first-order chi connectivity index (χ1) is 14.5. The molecule has 2 aromatic carbocycles. The van der Waals surface area contributed by atoms with Gasteiger partial charge in [0.05, 0.1) is 13.2 Å². The molecule has 3 aromatic rings. The second-order valence-corrected chi connectivity index (χ2v) is 7.44. The molecule has 1 heterocycles. The Morgan fingerprint density at radius 2 is 1.90 bits per heavy atom. The number of carbonyl (C=O) groups excluding carboxylic acids is 1. The fourth-order valence-electron chi connectivity index (χ4n) is 3.02. The zero-order chi connectivity index (χ0) is 21.5. The summed E-state index contributed by atoms with van der Waals surface area (Å²) in [7, 11) is 3.32. The minimum Gasteiger partial charge on any atom is -0.425 e.